The minimum Gasteiger partial charge on any atom is -0.315 e. The van der Waals surface area contributed by atoms with Gasteiger partial charge >= 0.3 is 5.69 Å². The number of anilines is 1. The van der Waals surface area contributed by atoms with Crippen LogP contribution in [0.1, 0.15) is 0 Å². The second-order valence-electron chi connectivity index (χ2n) is 6.03. The number of imidazole rings is 2. The second-order valence-corrected chi connectivity index (χ2v) is 6.03. The molecule has 4 aromatic rings. The number of fused-ring (bicyclic) bond motifs is 1. The molecule has 0 radical (unpaired) electrons. The summed E-state index contributed by atoms with van der Waals surface area (Å²) in [6.07, 6.45) is 7.57. The Hall–Kier alpha value is -4.09. The highest BCUT2D eigenvalue weighted by Crippen LogP contribution is 2.10. The number of hydrogen-bond donors (Lipinski definition) is 1. The molecule has 0 aliphatic rings. The number of hydrogen-bond acceptors (Lipinski definition) is 7. The van der Waals surface area contributed by atoms with Gasteiger partial charge in [-0.15, -0.1) is 0 Å². The van der Waals surface area contributed by atoms with Crippen LogP contribution in [0.4, 0.5) is 5.82 Å². The first-order valence-corrected chi connectivity index (χ1v) is 8.17. The van der Waals surface area contributed by atoms with Gasteiger partial charge in [0.15, 0.2) is 11.2 Å². The van der Waals surface area contributed by atoms with E-state index in [4.69, 9.17) is 0 Å². The third-order valence-electron chi connectivity index (χ3n) is 4.22. The molecule has 0 aliphatic carbocycles. The Labute approximate surface area is 156 Å². The Balaban J connectivity index is 1.61. The second kappa shape index (κ2) is 6.57. The zero-order valence-corrected chi connectivity index (χ0v) is 15.0. The third-order valence-corrected chi connectivity index (χ3v) is 4.22. The largest absolute Gasteiger partial charge is 0.332 e. The molecule has 0 fully saturated rings. The standard InChI is InChI=1S/C16H15N9O3/c1-22-14-13(15(27)23(2)16(22)28)25(9-20-14)6-12(26)21-10-5-11(19-7-18-10)24-4-3-17-8-24/h3-5,7-9H,6H2,1-2H3,(H,18,19,21,26). The van der Waals surface area contributed by atoms with Crippen molar-refractivity contribution in [2.45, 2.75) is 6.54 Å². The zero-order chi connectivity index (χ0) is 19.8. The summed E-state index contributed by atoms with van der Waals surface area (Å²) in [5.41, 5.74) is -0.625. The molecular formula is C16H15N9O3. The van der Waals surface area contributed by atoms with Crippen molar-refractivity contribution in [3.05, 3.63) is 58.3 Å². The lowest BCUT2D eigenvalue weighted by molar-refractivity contribution is -0.116. The fourth-order valence-corrected chi connectivity index (χ4v) is 2.81. The Morgan fingerprint density at radius 1 is 1.11 bits per heavy atom. The molecule has 0 unspecified atom stereocenters. The maximum absolute atomic E-state index is 12.5. The lowest BCUT2D eigenvalue weighted by atomic mass is 10.4. The summed E-state index contributed by atoms with van der Waals surface area (Å²) in [4.78, 5) is 53.0. The van der Waals surface area contributed by atoms with Crippen molar-refractivity contribution in [1.29, 1.82) is 0 Å². The normalized spacial score (nSPS) is 11.1. The smallest absolute Gasteiger partial charge is 0.315 e. The molecule has 0 atom stereocenters. The van der Waals surface area contributed by atoms with Crippen LogP contribution in [0.25, 0.3) is 17.0 Å². The molecule has 0 saturated carbocycles. The maximum atomic E-state index is 12.5. The molecule has 4 rings (SSSR count). The van der Waals surface area contributed by atoms with Crippen molar-refractivity contribution in [3.63, 3.8) is 0 Å². The minimum atomic E-state index is -0.521. The van der Waals surface area contributed by atoms with E-state index in [9.17, 15) is 14.4 Å². The van der Waals surface area contributed by atoms with E-state index in [0.29, 0.717) is 11.6 Å². The molecule has 0 saturated heterocycles. The molecule has 0 aliphatic heterocycles. The lowest BCUT2D eigenvalue weighted by Crippen LogP contribution is -2.37. The summed E-state index contributed by atoms with van der Waals surface area (Å²) in [5, 5.41) is 2.66. The van der Waals surface area contributed by atoms with Crippen LogP contribution in [-0.4, -0.2) is 44.1 Å². The number of amides is 1. The first kappa shape index (κ1) is 17.3. The van der Waals surface area contributed by atoms with E-state index in [0.717, 1.165) is 4.57 Å². The molecule has 12 nitrogen and oxygen atoms in total. The number of carbonyl (C=O) groups excluding carboxylic acids is 1. The zero-order valence-electron chi connectivity index (χ0n) is 15.0. The van der Waals surface area contributed by atoms with Crippen molar-refractivity contribution in [1.82, 2.24) is 38.2 Å². The van der Waals surface area contributed by atoms with Crippen molar-refractivity contribution in [3.8, 4) is 5.82 Å². The maximum Gasteiger partial charge on any atom is 0.332 e. The van der Waals surface area contributed by atoms with E-state index in [2.05, 4.69) is 25.3 Å². The molecule has 4 heterocycles. The lowest BCUT2D eigenvalue weighted by Gasteiger charge is -2.08. The van der Waals surface area contributed by atoms with Crippen LogP contribution in [0.2, 0.25) is 0 Å². The number of nitrogens with one attached hydrogen (secondary N) is 1. The average molecular weight is 381 g/mol. The number of aryl methyl sites for hydroxylation is 1. The predicted octanol–water partition coefficient (Wildman–Crippen LogP) is -0.952. The molecule has 4 aromatic heterocycles. The first-order chi connectivity index (χ1) is 13.5. The van der Waals surface area contributed by atoms with E-state index >= 15 is 0 Å². The molecule has 0 aromatic carbocycles. The van der Waals surface area contributed by atoms with Crippen molar-refractivity contribution in [2.75, 3.05) is 5.32 Å². The molecule has 1 N–H and O–H groups in total. The number of aromatic nitrogens is 8. The fraction of sp³-hybridized carbons (Fsp3) is 0.188. The molecule has 28 heavy (non-hydrogen) atoms. The molecule has 142 valence electrons. The highest BCUT2D eigenvalue weighted by Gasteiger charge is 2.16. The Morgan fingerprint density at radius 2 is 1.93 bits per heavy atom. The van der Waals surface area contributed by atoms with E-state index < -0.39 is 17.2 Å². The fourth-order valence-electron chi connectivity index (χ4n) is 2.81. The van der Waals surface area contributed by atoms with Gasteiger partial charge < -0.3 is 9.88 Å². The van der Waals surface area contributed by atoms with Crippen LogP contribution < -0.4 is 16.6 Å². The molecule has 12 heteroatoms. The number of rotatable bonds is 4. The van der Waals surface area contributed by atoms with Crippen LogP contribution in [0.5, 0.6) is 0 Å². The van der Waals surface area contributed by atoms with Gasteiger partial charge in [-0.25, -0.2) is 24.7 Å². The van der Waals surface area contributed by atoms with Gasteiger partial charge in [-0.2, -0.15) is 0 Å². The predicted molar refractivity (Wildman–Crippen MR) is 98.0 cm³/mol. The van der Waals surface area contributed by atoms with Gasteiger partial charge in [-0.1, -0.05) is 0 Å². The van der Waals surface area contributed by atoms with Gasteiger partial charge in [-0.3, -0.25) is 23.3 Å². The summed E-state index contributed by atoms with van der Waals surface area (Å²) in [6, 6.07) is 1.59. The first-order valence-electron chi connectivity index (χ1n) is 8.17. The summed E-state index contributed by atoms with van der Waals surface area (Å²) in [5.74, 6) is 0.429. The van der Waals surface area contributed by atoms with E-state index in [-0.39, 0.29) is 17.7 Å². The quantitative estimate of drug-likeness (QED) is 0.481. The number of carbonyl (C=O) groups is 1. The highest BCUT2D eigenvalue weighted by molar-refractivity contribution is 5.90. The highest BCUT2D eigenvalue weighted by atomic mass is 16.2. The van der Waals surface area contributed by atoms with E-state index in [1.807, 2.05) is 0 Å². The minimum absolute atomic E-state index is 0.168. The van der Waals surface area contributed by atoms with Crippen LogP contribution in [0.15, 0.2) is 47.0 Å². The van der Waals surface area contributed by atoms with Crippen molar-refractivity contribution >= 4 is 22.9 Å². The van der Waals surface area contributed by atoms with Gasteiger partial charge in [0.05, 0.1) is 6.33 Å². The monoisotopic (exact) mass is 381 g/mol. The van der Waals surface area contributed by atoms with Gasteiger partial charge in [-0.05, 0) is 0 Å². The van der Waals surface area contributed by atoms with Gasteiger partial charge in [0, 0.05) is 32.6 Å². The molecule has 0 spiro atoms. The summed E-state index contributed by atoms with van der Waals surface area (Å²) in [7, 11) is 2.89. The summed E-state index contributed by atoms with van der Waals surface area (Å²) in [6.45, 7) is -0.172. The Kier molecular flexibility index (Phi) is 4.07. The number of nitrogens with zero attached hydrogens (tertiary/aromatic N) is 8. The van der Waals surface area contributed by atoms with Crippen molar-refractivity contribution in [2.24, 2.45) is 14.1 Å². The molecule has 1 amide bonds. The molecule has 0 bridgehead atoms. The third kappa shape index (κ3) is 2.86. The van der Waals surface area contributed by atoms with Gasteiger partial charge in [0.1, 0.15) is 30.8 Å². The summed E-state index contributed by atoms with van der Waals surface area (Å²) < 4.78 is 5.29. The van der Waals surface area contributed by atoms with Gasteiger partial charge in [0.2, 0.25) is 5.91 Å². The SMILES string of the molecule is Cn1c(=O)c2c(ncn2CC(=O)Nc2cc(-n3ccnc3)ncn2)n(C)c1=O. The topological polar surface area (TPSA) is 135 Å². The average Bonchev–Trinajstić information content (AvgIpc) is 3.35. The van der Waals surface area contributed by atoms with E-state index in [1.165, 1.54) is 35.9 Å². The van der Waals surface area contributed by atoms with Gasteiger partial charge in [0.25, 0.3) is 5.56 Å². The van der Waals surface area contributed by atoms with Crippen LogP contribution >= 0.6 is 0 Å². The Morgan fingerprint density at radius 3 is 2.68 bits per heavy atom. The van der Waals surface area contributed by atoms with Crippen LogP contribution in [-0.2, 0) is 25.4 Å². The van der Waals surface area contributed by atoms with E-state index in [1.54, 1.807) is 29.4 Å². The summed E-state index contributed by atoms with van der Waals surface area (Å²) >= 11 is 0. The Bertz CT molecular complexity index is 1300. The van der Waals surface area contributed by atoms with Crippen LogP contribution in [0.3, 0.4) is 0 Å². The van der Waals surface area contributed by atoms with Crippen LogP contribution in [0, 0.1) is 0 Å². The van der Waals surface area contributed by atoms with Crippen molar-refractivity contribution < 1.29 is 4.79 Å². The molecular weight excluding hydrogens is 366 g/mol.